The van der Waals surface area contributed by atoms with Gasteiger partial charge in [0, 0.05) is 5.69 Å². The van der Waals surface area contributed by atoms with Gasteiger partial charge < -0.3 is 10.6 Å². The molecular formula is C17H18N2O. The third-order valence-electron chi connectivity index (χ3n) is 3.64. The summed E-state index contributed by atoms with van der Waals surface area (Å²) in [7, 11) is 0. The summed E-state index contributed by atoms with van der Waals surface area (Å²) >= 11 is 0. The Kier molecular flexibility index (Phi) is 3.79. The third kappa shape index (κ3) is 2.89. The van der Waals surface area contributed by atoms with E-state index in [0.717, 1.165) is 30.6 Å². The van der Waals surface area contributed by atoms with Gasteiger partial charge >= 0.3 is 0 Å². The van der Waals surface area contributed by atoms with Crippen LogP contribution in [0.4, 0.5) is 5.69 Å². The molecule has 1 unspecified atom stereocenters. The number of carbonyl (C=O) groups excluding carboxylic acids is 1. The summed E-state index contributed by atoms with van der Waals surface area (Å²) in [4.78, 5) is 12.0. The van der Waals surface area contributed by atoms with E-state index in [-0.39, 0.29) is 11.9 Å². The van der Waals surface area contributed by atoms with Crippen LogP contribution >= 0.6 is 0 Å². The van der Waals surface area contributed by atoms with Gasteiger partial charge in [0.15, 0.2) is 0 Å². The second kappa shape index (κ2) is 5.88. The molecular weight excluding hydrogens is 248 g/mol. The maximum atomic E-state index is 12.0. The largest absolute Gasteiger partial charge is 0.325 e. The molecule has 0 aromatic heterocycles. The zero-order valence-corrected chi connectivity index (χ0v) is 11.3. The molecule has 1 saturated heterocycles. The first kappa shape index (κ1) is 12.9. The van der Waals surface area contributed by atoms with E-state index >= 15 is 0 Å². The summed E-state index contributed by atoms with van der Waals surface area (Å²) < 4.78 is 0. The normalized spacial score (nSPS) is 17.9. The Hall–Kier alpha value is -2.13. The fourth-order valence-corrected chi connectivity index (χ4v) is 2.51. The molecule has 1 aliphatic heterocycles. The molecule has 2 aromatic carbocycles. The Balaban J connectivity index is 1.68. The number of nitrogens with one attached hydrogen (secondary N) is 2. The lowest BCUT2D eigenvalue weighted by atomic mass is 10.1. The lowest BCUT2D eigenvalue weighted by Crippen LogP contribution is -2.35. The molecule has 3 rings (SSSR count). The first-order valence-corrected chi connectivity index (χ1v) is 7.03. The highest BCUT2D eigenvalue weighted by atomic mass is 16.2. The number of anilines is 1. The first-order valence-electron chi connectivity index (χ1n) is 7.03. The molecule has 0 aliphatic carbocycles. The Bertz CT molecular complexity index is 572. The zero-order valence-electron chi connectivity index (χ0n) is 11.3. The van der Waals surface area contributed by atoms with E-state index in [2.05, 4.69) is 22.8 Å². The molecule has 3 heteroatoms. The van der Waals surface area contributed by atoms with Gasteiger partial charge in [-0.05, 0) is 42.6 Å². The van der Waals surface area contributed by atoms with Crippen molar-refractivity contribution in [1.82, 2.24) is 5.32 Å². The topological polar surface area (TPSA) is 41.1 Å². The van der Waals surface area contributed by atoms with Gasteiger partial charge in [-0.25, -0.2) is 0 Å². The van der Waals surface area contributed by atoms with Crippen molar-refractivity contribution in [3.8, 4) is 11.1 Å². The number of carbonyl (C=O) groups is 1. The number of rotatable bonds is 3. The van der Waals surface area contributed by atoms with E-state index in [9.17, 15) is 4.79 Å². The SMILES string of the molecule is O=C(Nc1ccc(-c2ccccc2)cc1)C1CCCN1. The van der Waals surface area contributed by atoms with Crippen molar-refractivity contribution in [1.29, 1.82) is 0 Å². The number of amides is 1. The molecule has 3 nitrogen and oxygen atoms in total. The van der Waals surface area contributed by atoms with Crippen LogP contribution in [0.5, 0.6) is 0 Å². The molecule has 2 N–H and O–H groups in total. The van der Waals surface area contributed by atoms with Crippen LogP contribution in [0.1, 0.15) is 12.8 Å². The van der Waals surface area contributed by atoms with Crippen LogP contribution in [0.3, 0.4) is 0 Å². The quantitative estimate of drug-likeness (QED) is 0.896. The molecule has 0 radical (unpaired) electrons. The van der Waals surface area contributed by atoms with Crippen LogP contribution in [-0.2, 0) is 4.79 Å². The van der Waals surface area contributed by atoms with Gasteiger partial charge in [-0.2, -0.15) is 0 Å². The maximum absolute atomic E-state index is 12.0. The average Bonchev–Trinajstić information content (AvgIpc) is 3.03. The zero-order chi connectivity index (χ0) is 13.8. The molecule has 0 spiro atoms. The minimum absolute atomic E-state index is 0.0381. The molecule has 1 amide bonds. The maximum Gasteiger partial charge on any atom is 0.241 e. The lowest BCUT2D eigenvalue weighted by molar-refractivity contribution is -0.117. The second-order valence-electron chi connectivity index (χ2n) is 5.08. The van der Waals surface area contributed by atoms with Gasteiger partial charge in [0.2, 0.25) is 5.91 Å². The molecule has 1 fully saturated rings. The van der Waals surface area contributed by atoms with Gasteiger partial charge in [-0.15, -0.1) is 0 Å². The Morgan fingerprint density at radius 2 is 1.70 bits per heavy atom. The highest BCUT2D eigenvalue weighted by Gasteiger charge is 2.21. The van der Waals surface area contributed by atoms with Crippen molar-refractivity contribution in [2.24, 2.45) is 0 Å². The van der Waals surface area contributed by atoms with Crippen molar-refractivity contribution in [2.45, 2.75) is 18.9 Å². The highest BCUT2D eigenvalue weighted by Crippen LogP contribution is 2.21. The number of hydrogen-bond acceptors (Lipinski definition) is 2. The smallest absolute Gasteiger partial charge is 0.241 e. The van der Waals surface area contributed by atoms with Crippen molar-refractivity contribution < 1.29 is 4.79 Å². The van der Waals surface area contributed by atoms with E-state index in [1.54, 1.807) is 0 Å². The molecule has 20 heavy (non-hydrogen) atoms. The first-order chi connectivity index (χ1) is 9.83. The molecule has 2 aromatic rings. The number of benzene rings is 2. The highest BCUT2D eigenvalue weighted by molar-refractivity contribution is 5.95. The molecule has 102 valence electrons. The monoisotopic (exact) mass is 266 g/mol. The molecule has 0 saturated carbocycles. The van der Waals surface area contributed by atoms with Crippen molar-refractivity contribution in [3.05, 3.63) is 54.6 Å². The van der Waals surface area contributed by atoms with Crippen LogP contribution < -0.4 is 10.6 Å². The van der Waals surface area contributed by atoms with E-state index < -0.39 is 0 Å². The van der Waals surface area contributed by atoms with E-state index in [0.29, 0.717) is 0 Å². The van der Waals surface area contributed by atoms with Gasteiger partial charge in [0.1, 0.15) is 0 Å². The van der Waals surface area contributed by atoms with Crippen molar-refractivity contribution in [3.63, 3.8) is 0 Å². The Morgan fingerprint density at radius 3 is 2.35 bits per heavy atom. The van der Waals surface area contributed by atoms with Crippen LogP contribution in [0.15, 0.2) is 54.6 Å². The fraction of sp³-hybridized carbons (Fsp3) is 0.235. The summed E-state index contributed by atoms with van der Waals surface area (Å²) in [6.07, 6.45) is 2.00. The standard InChI is InChI=1S/C17H18N2O/c20-17(16-7-4-12-18-16)19-15-10-8-14(9-11-15)13-5-2-1-3-6-13/h1-3,5-6,8-11,16,18H,4,7,12H2,(H,19,20). The summed E-state index contributed by atoms with van der Waals surface area (Å²) in [5.74, 6) is 0.0648. The minimum Gasteiger partial charge on any atom is -0.325 e. The fourth-order valence-electron chi connectivity index (χ4n) is 2.51. The number of hydrogen-bond donors (Lipinski definition) is 2. The molecule has 1 atom stereocenters. The molecule has 0 bridgehead atoms. The second-order valence-corrected chi connectivity index (χ2v) is 5.08. The minimum atomic E-state index is -0.0381. The molecule has 1 heterocycles. The summed E-state index contributed by atoms with van der Waals surface area (Å²) in [6.45, 7) is 0.936. The third-order valence-corrected chi connectivity index (χ3v) is 3.64. The van der Waals surface area contributed by atoms with Crippen LogP contribution in [-0.4, -0.2) is 18.5 Å². The molecule has 1 aliphatic rings. The lowest BCUT2D eigenvalue weighted by Gasteiger charge is -2.11. The van der Waals surface area contributed by atoms with E-state index in [1.165, 1.54) is 5.56 Å². The summed E-state index contributed by atoms with van der Waals surface area (Å²) in [6, 6.07) is 18.2. The van der Waals surface area contributed by atoms with Crippen LogP contribution in [0, 0.1) is 0 Å². The van der Waals surface area contributed by atoms with Gasteiger partial charge in [0.05, 0.1) is 6.04 Å². The van der Waals surface area contributed by atoms with Crippen molar-refractivity contribution in [2.75, 3.05) is 11.9 Å². The van der Waals surface area contributed by atoms with E-state index in [1.807, 2.05) is 42.5 Å². The van der Waals surface area contributed by atoms with E-state index in [4.69, 9.17) is 0 Å². The van der Waals surface area contributed by atoms with Gasteiger partial charge in [-0.1, -0.05) is 42.5 Å². The van der Waals surface area contributed by atoms with Gasteiger partial charge in [-0.3, -0.25) is 4.79 Å². The Morgan fingerprint density at radius 1 is 1.00 bits per heavy atom. The predicted octanol–water partition coefficient (Wildman–Crippen LogP) is 3.04. The Labute approximate surface area is 119 Å². The van der Waals surface area contributed by atoms with Crippen LogP contribution in [0.2, 0.25) is 0 Å². The summed E-state index contributed by atoms with van der Waals surface area (Å²) in [5.41, 5.74) is 3.19. The van der Waals surface area contributed by atoms with Crippen molar-refractivity contribution >= 4 is 11.6 Å². The van der Waals surface area contributed by atoms with Crippen LogP contribution in [0.25, 0.3) is 11.1 Å². The summed E-state index contributed by atoms with van der Waals surface area (Å²) in [5, 5.41) is 6.16. The average molecular weight is 266 g/mol. The van der Waals surface area contributed by atoms with Gasteiger partial charge in [0.25, 0.3) is 0 Å². The predicted molar refractivity (Wildman–Crippen MR) is 81.5 cm³/mol.